The molecule has 6 nitrogen and oxygen atoms in total. The molecule has 3 aromatic rings. The number of carbonyl (C=O) groups is 1. The van der Waals surface area contributed by atoms with Crippen LogP contribution < -0.4 is 10.1 Å². The molecular weight excluding hydrogens is 316 g/mol. The average Bonchev–Trinajstić information content (AvgIpc) is 2.99. The molecule has 3 rings (SSSR count). The van der Waals surface area contributed by atoms with E-state index in [-0.39, 0.29) is 11.9 Å². The fourth-order valence-corrected chi connectivity index (χ4v) is 2.67. The van der Waals surface area contributed by atoms with Gasteiger partial charge >= 0.3 is 0 Å². The van der Waals surface area contributed by atoms with Gasteiger partial charge in [-0.3, -0.25) is 4.79 Å². The molecule has 0 saturated heterocycles. The van der Waals surface area contributed by atoms with Crippen LogP contribution in [0.5, 0.6) is 5.75 Å². The van der Waals surface area contributed by atoms with Gasteiger partial charge in [0.25, 0.3) is 5.91 Å². The van der Waals surface area contributed by atoms with Crippen LogP contribution in [0.3, 0.4) is 0 Å². The van der Waals surface area contributed by atoms with Crippen molar-refractivity contribution in [1.82, 2.24) is 14.8 Å². The Morgan fingerprint density at radius 3 is 2.64 bits per heavy atom. The maximum atomic E-state index is 12.6. The first-order valence-electron chi connectivity index (χ1n) is 8.38. The van der Waals surface area contributed by atoms with Crippen LogP contribution in [0.15, 0.2) is 36.5 Å². The van der Waals surface area contributed by atoms with Gasteiger partial charge in [0.05, 0.1) is 24.1 Å². The molecule has 6 heteroatoms. The number of ether oxygens (including phenoxy) is 1. The Balaban J connectivity index is 1.85. The summed E-state index contributed by atoms with van der Waals surface area (Å²) in [4.78, 5) is 17.2. The van der Waals surface area contributed by atoms with Gasteiger partial charge in [-0.1, -0.05) is 0 Å². The second-order valence-corrected chi connectivity index (χ2v) is 6.13. The van der Waals surface area contributed by atoms with Crippen LogP contribution in [0, 0.1) is 6.92 Å². The predicted molar refractivity (Wildman–Crippen MR) is 98.2 cm³/mol. The molecule has 0 aliphatic rings. The lowest BCUT2D eigenvalue weighted by atomic mass is 10.1. The zero-order valence-corrected chi connectivity index (χ0v) is 14.9. The van der Waals surface area contributed by atoms with Crippen molar-refractivity contribution in [2.24, 2.45) is 0 Å². The number of hydrogen-bond donors (Lipinski definition) is 1. The largest absolute Gasteiger partial charge is 0.494 e. The second-order valence-electron chi connectivity index (χ2n) is 6.13. The quantitative estimate of drug-likeness (QED) is 0.764. The predicted octanol–water partition coefficient (Wildman–Crippen LogP) is 3.97. The first-order chi connectivity index (χ1) is 12.0. The minimum absolute atomic E-state index is 0.187. The minimum atomic E-state index is -0.187. The smallest absolute Gasteiger partial charge is 0.257 e. The van der Waals surface area contributed by atoms with Crippen molar-refractivity contribution in [2.75, 3.05) is 11.9 Å². The van der Waals surface area contributed by atoms with Crippen molar-refractivity contribution in [3.05, 3.63) is 47.8 Å². The third-order valence-corrected chi connectivity index (χ3v) is 3.92. The van der Waals surface area contributed by atoms with Crippen molar-refractivity contribution in [3.63, 3.8) is 0 Å². The minimum Gasteiger partial charge on any atom is -0.494 e. The number of carbonyl (C=O) groups excluding carboxylic acids is 1. The number of amides is 1. The Hall–Kier alpha value is -2.89. The molecule has 0 bridgehead atoms. The van der Waals surface area contributed by atoms with E-state index in [0.717, 1.165) is 16.8 Å². The SMILES string of the molecule is CCOc1ccc(NC(=O)c2cc3cnn(C(C)C)c3nc2C)cc1. The molecule has 25 heavy (non-hydrogen) atoms. The highest BCUT2D eigenvalue weighted by atomic mass is 16.5. The van der Waals surface area contributed by atoms with Crippen LogP contribution in [-0.4, -0.2) is 27.3 Å². The van der Waals surface area contributed by atoms with E-state index in [1.165, 1.54) is 0 Å². The van der Waals surface area contributed by atoms with Crippen molar-refractivity contribution in [3.8, 4) is 5.75 Å². The highest BCUT2D eigenvalue weighted by Crippen LogP contribution is 2.21. The first-order valence-corrected chi connectivity index (χ1v) is 8.38. The number of benzene rings is 1. The number of anilines is 1. The van der Waals surface area contributed by atoms with E-state index in [9.17, 15) is 4.79 Å². The normalized spacial score (nSPS) is 11.1. The number of aromatic nitrogens is 3. The maximum Gasteiger partial charge on any atom is 0.257 e. The Morgan fingerprint density at radius 2 is 2.00 bits per heavy atom. The van der Waals surface area contributed by atoms with E-state index >= 15 is 0 Å². The summed E-state index contributed by atoms with van der Waals surface area (Å²) in [5.74, 6) is 0.592. The molecule has 0 radical (unpaired) electrons. The number of hydrogen-bond acceptors (Lipinski definition) is 4. The molecule has 0 unspecified atom stereocenters. The van der Waals surface area contributed by atoms with Crippen LogP contribution in [0.25, 0.3) is 11.0 Å². The van der Waals surface area contributed by atoms with Gasteiger partial charge in [-0.2, -0.15) is 5.10 Å². The maximum absolute atomic E-state index is 12.6. The van der Waals surface area contributed by atoms with Crippen LogP contribution >= 0.6 is 0 Å². The molecule has 130 valence electrons. The van der Waals surface area contributed by atoms with E-state index in [2.05, 4.69) is 29.2 Å². The third kappa shape index (κ3) is 3.47. The summed E-state index contributed by atoms with van der Waals surface area (Å²) < 4.78 is 7.26. The highest BCUT2D eigenvalue weighted by Gasteiger charge is 2.15. The summed E-state index contributed by atoms with van der Waals surface area (Å²) >= 11 is 0. The molecular formula is C19H22N4O2. The summed E-state index contributed by atoms with van der Waals surface area (Å²) in [7, 11) is 0. The van der Waals surface area contributed by atoms with Crippen molar-refractivity contribution < 1.29 is 9.53 Å². The van der Waals surface area contributed by atoms with Gasteiger partial charge in [-0.05, 0) is 58.0 Å². The van der Waals surface area contributed by atoms with E-state index in [1.54, 1.807) is 6.20 Å². The summed E-state index contributed by atoms with van der Waals surface area (Å²) in [5, 5.41) is 8.11. The number of nitrogens with zero attached hydrogens (tertiary/aromatic N) is 3. The van der Waals surface area contributed by atoms with E-state index in [1.807, 2.05) is 48.9 Å². The lowest BCUT2D eigenvalue weighted by Gasteiger charge is -2.10. The number of rotatable bonds is 5. The van der Waals surface area contributed by atoms with Gasteiger partial charge < -0.3 is 10.1 Å². The third-order valence-electron chi connectivity index (χ3n) is 3.92. The summed E-state index contributed by atoms with van der Waals surface area (Å²) in [6.45, 7) is 8.49. The molecule has 2 heterocycles. The van der Waals surface area contributed by atoms with E-state index < -0.39 is 0 Å². The topological polar surface area (TPSA) is 69.0 Å². The molecule has 1 N–H and O–H groups in total. The van der Waals surface area contributed by atoms with Crippen molar-refractivity contribution >= 4 is 22.6 Å². The Labute approximate surface area is 146 Å². The van der Waals surface area contributed by atoms with Gasteiger partial charge in [0.1, 0.15) is 5.75 Å². The number of pyridine rings is 1. The van der Waals surface area contributed by atoms with Crippen LogP contribution in [0.1, 0.15) is 42.9 Å². The summed E-state index contributed by atoms with van der Waals surface area (Å²) in [6, 6.07) is 9.36. The Morgan fingerprint density at radius 1 is 1.28 bits per heavy atom. The lowest BCUT2D eigenvalue weighted by Crippen LogP contribution is -2.14. The van der Waals surface area contributed by atoms with Gasteiger partial charge in [0.2, 0.25) is 0 Å². The number of fused-ring (bicyclic) bond motifs is 1. The zero-order valence-electron chi connectivity index (χ0n) is 14.9. The Bertz CT molecular complexity index is 898. The van der Waals surface area contributed by atoms with E-state index in [0.29, 0.717) is 23.6 Å². The van der Waals surface area contributed by atoms with Crippen molar-refractivity contribution in [2.45, 2.75) is 33.7 Å². The fraction of sp³-hybridized carbons (Fsp3) is 0.316. The van der Waals surface area contributed by atoms with Crippen molar-refractivity contribution in [1.29, 1.82) is 0 Å². The van der Waals surface area contributed by atoms with Gasteiger partial charge in [0, 0.05) is 17.1 Å². The lowest BCUT2D eigenvalue weighted by molar-refractivity contribution is 0.102. The summed E-state index contributed by atoms with van der Waals surface area (Å²) in [5.41, 5.74) is 2.74. The van der Waals surface area contributed by atoms with Gasteiger partial charge in [0.15, 0.2) is 5.65 Å². The molecule has 1 aromatic carbocycles. The molecule has 2 aromatic heterocycles. The fourth-order valence-electron chi connectivity index (χ4n) is 2.67. The monoisotopic (exact) mass is 338 g/mol. The second kappa shape index (κ2) is 6.93. The van der Waals surface area contributed by atoms with Crippen LogP contribution in [-0.2, 0) is 0 Å². The molecule has 0 aliphatic heterocycles. The number of aryl methyl sites for hydroxylation is 1. The van der Waals surface area contributed by atoms with E-state index in [4.69, 9.17) is 4.74 Å². The molecule has 0 spiro atoms. The van der Waals surface area contributed by atoms with Gasteiger partial charge in [-0.25, -0.2) is 9.67 Å². The molecule has 0 aliphatic carbocycles. The standard InChI is InChI=1S/C19H22N4O2/c1-5-25-16-8-6-15(7-9-16)22-19(24)17-10-14-11-20-23(12(2)3)18(14)21-13(17)4/h6-12H,5H2,1-4H3,(H,22,24). The first kappa shape index (κ1) is 17.0. The molecule has 0 saturated carbocycles. The molecule has 1 amide bonds. The number of nitrogens with one attached hydrogen (secondary N) is 1. The van der Waals surface area contributed by atoms with Gasteiger partial charge in [-0.15, -0.1) is 0 Å². The zero-order chi connectivity index (χ0) is 18.0. The van der Waals surface area contributed by atoms with Crippen LogP contribution in [0.2, 0.25) is 0 Å². The molecule has 0 fully saturated rings. The highest BCUT2D eigenvalue weighted by molar-refractivity contribution is 6.06. The average molecular weight is 338 g/mol. The molecule has 0 atom stereocenters. The van der Waals surface area contributed by atoms with Crippen LogP contribution in [0.4, 0.5) is 5.69 Å². The summed E-state index contributed by atoms with van der Waals surface area (Å²) in [6.07, 6.45) is 1.75. The Kier molecular flexibility index (Phi) is 4.70.